The molecule has 2 heterocycles. The monoisotopic (exact) mass is 348 g/mol. The van der Waals surface area contributed by atoms with Crippen molar-refractivity contribution in [2.24, 2.45) is 5.92 Å². The third-order valence-electron chi connectivity index (χ3n) is 3.95. The summed E-state index contributed by atoms with van der Waals surface area (Å²) in [5.74, 6) is 2.65. The summed E-state index contributed by atoms with van der Waals surface area (Å²) >= 11 is 3.41. The number of aliphatic hydroxyl groups is 1. The van der Waals surface area contributed by atoms with Crippen molar-refractivity contribution in [3.63, 3.8) is 0 Å². The first-order chi connectivity index (χ1) is 11.2. The van der Waals surface area contributed by atoms with Crippen LogP contribution in [0.2, 0.25) is 0 Å². The van der Waals surface area contributed by atoms with Gasteiger partial charge < -0.3 is 10.4 Å². The lowest BCUT2D eigenvalue weighted by Gasteiger charge is -2.06. The number of thioether (sulfide) groups is 1. The molecule has 1 aliphatic carbocycles. The van der Waals surface area contributed by atoms with Gasteiger partial charge in [0.05, 0.1) is 6.61 Å². The number of aliphatic hydroxyl groups excluding tert-OH is 1. The fourth-order valence-corrected chi connectivity index (χ4v) is 4.44. The third-order valence-corrected chi connectivity index (χ3v) is 6.11. The van der Waals surface area contributed by atoms with E-state index in [0.717, 1.165) is 17.7 Å². The van der Waals surface area contributed by atoms with Crippen LogP contribution >= 0.6 is 23.1 Å². The smallest absolute Gasteiger partial charge is 0.229 e. The van der Waals surface area contributed by atoms with E-state index in [4.69, 9.17) is 5.11 Å². The van der Waals surface area contributed by atoms with E-state index in [9.17, 15) is 4.79 Å². The van der Waals surface area contributed by atoms with Gasteiger partial charge in [-0.25, -0.2) is 4.98 Å². The molecular weight excluding hydrogens is 328 g/mol. The summed E-state index contributed by atoms with van der Waals surface area (Å²) < 4.78 is 0. The van der Waals surface area contributed by atoms with Crippen molar-refractivity contribution in [3.05, 3.63) is 45.8 Å². The van der Waals surface area contributed by atoms with E-state index < -0.39 is 0 Å². The van der Waals surface area contributed by atoms with Crippen LogP contribution in [0, 0.1) is 12.8 Å². The van der Waals surface area contributed by atoms with Gasteiger partial charge in [0.15, 0.2) is 0 Å². The predicted molar refractivity (Wildman–Crippen MR) is 96.0 cm³/mol. The highest BCUT2D eigenvalue weighted by Crippen LogP contribution is 2.50. The van der Waals surface area contributed by atoms with Crippen LogP contribution in [0.5, 0.6) is 0 Å². The Morgan fingerprint density at radius 2 is 2.39 bits per heavy atom. The van der Waals surface area contributed by atoms with Crippen LogP contribution in [0.25, 0.3) is 0 Å². The van der Waals surface area contributed by atoms with Gasteiger partial charge in [0.25, 0.3) is 0 Å². The topological polar surface area (TPSA) is 62.2 Å². The van der Waals surface area contributed by atoms with Crippen LogP contribution < -0.4 is 5.32 Å². The van der Waals surface area contributed by atoms with Gasteiger partial charge in [0, 0.05) is 34.4 Å². The molecule has 1 amide bonds. The maximum Gasteiger partial charge on any atom is 0.229 e. The quantitative estimate of drug-likeness (QED) is 0.753. The molecule has 2 unspecified atom stereocenters. The van der Waals surface area contributed by atoms with Gasteiger partial charge in [-0.3, -0.25) is 4.79 Å². The minimum absolute atomic E-state index is 0.0652. The number of aryl methyl sites for hydroxylation is 1. The Bertz CT molecular complexity index is 687. The molecule has 2 N–H and O–H groups in total. The molecule has 6 heteroatoms. The number of carbonyl (C=O) groups is 1. The molecule has 1 aliphatic rings. The Labute approximate surface area is 144 Å². The van der Waals surface area contributed by atoms with Crippen LogP contribution in [-0.4, -0.2) is 28.4 Å². The Morgan fingerprint density at radius 1 is 1.52 bits per heavy atom. The first-order valence-electron chi connectivity index (χ1n) is 7.67. The molecule has 0 aliphatic heterocycles. The Balaban J connectivity index is 1.56. The Morgan fingerprint density at radius 3 is 3.13 bits per heavy atom. The highest BCUT2D eigenvalue weighted by Gasteiger charge is 2.45. The molecule has 0 saturated heterocycles. The minimum Gasteiger partial charge on any atom is -0.396 e. The minimum atomic E-state index is 0.0652. The van der Waals surface area contributed by atoms with Crippen molar-refractivity contribution in [2.45, 2.75) is 25.0 Å². The van der Waals surface area contributed by atoms with Crippen LogP contribution in [0.1, 0.15) is 28.3 Å². The van der Waals surface area contributed by atoms with Gasteiger partial charge in [0.2, 0.25) is 5.91 Å². The molecule has 23 heavy (non-hydrogen) atoms. The Hall–Kier alpha value is -1.37. The average Bonchev–Trinajstić information content (AvgIpc) is 3.22. The van der Waals surface area contributed by atoms with E-state index in [1.165, 1.54) is 10.4 Å². The molecule has 2 atom stereocenters. The SMILES string of the molecule is Cc1ccsc1C1CC1C(=O)Nc1cc(CSCCO)ccn1. The summed E-state index contributed by atoms with van der Waals surface area (Å²) in [5, 5.41) is 13.9. The summed E-state index contributed by atoms with van der Waals surface area (Å²) in [6.07, 6.45) is 2.65. The fourth-order valence-electron chi connectivity index (χ4n) is 2.64. The lowest BCUT2D eigenvalue weighted by atomic mass is 10.2. The predicted octanol–water partition coefficient (Wildman–Crippen LogP) is 3.42. The second kappa shape index (κ2) is 7.47. The number of hydrogen-bond donors (Lipinski definition) is 2. The maximum absolute atomic E-state index is 12.4. The molecule has 0 aromatic carbocycles. The number of amides is 1. The number of rotatable bonds is 7. The highest BCUT2D eigenvalue weighted by atomic mass is 32.2. The summed E-state index contributed by atoms with van der Waals surface area (Å²) in [5.41, 5.74) is 2.39. The number of nitrogens with one attached hydrogen (secondary N) is 1. The van der Waals surface area contributed by atoms with Gasteiger partial charge in [-0.05, 0) is 48.1 Å². The van der Waals surface area contributed by atoms with Crippen molar-refractivity contribution >= 4 is 34.8 Å². The number of carbonyl (C=O) groups excluding carboxylic acids is 1. The van der Waals surface area contributed by atoms with Gasteiger partial charge >= 0.3 is 0 Å². The number of nitrogens with zero attached hydrogens (tertiary/aromatic N) is 1. The van der Waals surface area contributed by atoms with Crippen LogP contribution in [0.3, 0.4) is 0 Å². The van der Waals surface area contributed by atoms with Crippen molar-refractivity contribution in [1.82, 2.24) is 4.98 Å². The summed E-state index contributed by atoms with van der Waals surface area (Å²) in [6, 6.07) is 5.97. The molecule has 1 saturated carbocycles. The van der Waals surface area contributed by atoms with E-state index in [2.05, 4.69) is 28.7 Å². The maximum atomic E-state index is 12.4. The zero-order valence-electron chi connectivity index (χ0n) is 13.0. The lowest BCUT2D eigenvalue weighted by molar-refractivity contribution is -0.117. The summed E-state index contributed by atoms with van der Waals surface area (Å²) in [7, 11) is 0. The van der Waals surface area contributed by atoms with E-state index in [1.54, 1.807) is 29.3 Å². The molecule has 1 fully saturated rings. The molecule has 3 rings (SSSR count). The van der Waals surface area contributed by atoms with E-state index in [-0.39, 0.29) is 18.4 Å². The van der Waals surface area contributed by atoms with E-state index >= 15 is 0 Å². The summed E-state index contributed by atoms with van der Waals surface area (Å²) in [4.78, 5) is 18.0. The average molecular weight is 348 g/mol. The number of pyridine rings is 1. The first kappa shape index (κ1) is 16.5. The second-order valence-corrected chi connectivity index (χ2v) is 7.78. The number of hydrogen-bond acceptors (Lipinski definition) is 5. The molecular formula is C17H20N2O2S2. The molecule has 122 valence electrons. The number of thiophene rings is 1. The zero-order chi connectivity index (χ0) is 16.2. The molecule has 0 spiro atoms. The van der Waals surface area contributed by atoms with Crippen molar-refractivity contribution in [3.8, 4) is 0 Å². The molecule has 2 aromatic rings. The van der Waals surface area contributed by atoms with Crippen LogP contribution in [0.4, 0.5) is 5.82 Å². The summed E-state index contributed by atoms with van der Waals surface area (Å²) in [6.45, 7) is 2.29. The largest absolute Gasteiger partial charge is 0.396 e. The van der Waals surface area contributed by atoms with Crippen molar-refractivity contribution in [1.29, 1.82) is 0 Å². The molecule has 0 bridgehead atoms. The molecule has 2 aromatic heterocycles. The van der Waals surface area contributed by atoms with E-state index in [0.29, 0.717) is 17.5 Å². The molecule has 0 radical (unpaired) electrons. The normalized spacial score (nSPS) is 19.6. The van der Waals surface area contributed by atoms with E-state index in [1.807, 2.05) is 12.1 Å². The Kier molecular flexibility index (Phi) is 5.35. The van der Waals surface area contributed by atoms with Gasteiger partial charge in [-0.15, -0.1) is 11.3 Å². The van der Waals surface area contributed by atoms with Crippen LogP contribution in [0.15, 0.2) is 29.8 Å². The highest BCUT2D eigenvalue weighted by molar-refractivity contribution is 7.98. The zero-order valence-corrected chi connectivity index (χ0v) is 14.6. The number of aromatic nitrogens is 1. The van der Waals surface area contributed by atoms with Crippen LogP contribution in [-0.2, 0) is 10.5 Å². The lowest BCUT2D eigenvalue weighted by Crippen LogP contribution is -2.15. The third kappa shape index (κ3) is 4.13. The van der Waals surface area contributed by atoms with Gasteiger partial charge in [-0.1, -0.05) is 0 Å². The van der Waals surface area contributed by atoms with Gasteiger partial charge in [0.1, 0.15) is 5.82 Å². The van der Waals surface area contributed by atoms with Gasteiger partial charge in [-0.2, -0.15) is 11.8 Å². The first-order valence-corrected chi connectivity index (χ1v) is 9.71. The van der Waals surface area contributed by atoms with Crippen molar-refractivity contribution in [2.75, 3.05) is 17.7 Å². The molecule has 4 nitrogen and oxygen atoms in total. The number of anilines is 1. The standard InChI is InChI=1S/C17H20N2O2S2/c1-11-3-6-23-16(11)13-9-14(13)17(21)19-15-8-12(2-4-18-15)10-22-7-5-20/h2-4,6,8,13-14,20H,5,7,9-10H2,1H3,(H,18,19,21). The van der Waals surface area contributed by atoms with Crippen molar-refractivity contribution < 1.29 is 9.90 Å². The fraction of sp³-hybridized carbons (Fsp3) is 0.412. The second-order valence-electron chi connectivity index (χ2n) is 5.73.